The van der Waals surface area contributed by atoms with Gasteiger partial charge in [-0.1, -0.05) is 18.2 Å². The number of para-hydroxylation sites is 1. The lowest BCUT2D eigenvalue weighted by atomic mass is 10.2. The van der Waals surface area contributed by atoms with Gasteiger partial charge in [0.1, 0.15) is 16.5 Å². The number of halogens is 1. The van der Waals surface area contributed by atoms with Crippen LogP contribution < -0.4 is 4.18 Å². The fraction of sp³-hybridized carbons (Fsp3) is 0.278. The van der Waals surface area contributed by atoms with E-state index in [4.69, 9.17) is 8.92 Å². The van der Waals surface area contributed by atoms with Crippen molar-refractivity contribution >= 4 is 16.0 Å². The second-order valence-electron chi connectivity index (χ2n) is 5.53. The zero-order valence-corrected chi connectivity index (χ0v) is 15.3. The Balaban J connectivity index is 2.25. The molecule has 0 spiro atoms. The van der Waals surface area contributed by atoms with E-state index in [1.807, 2.05) is 0 Å². The highest BCUT2D eigenvalue weighted by Gasteiger charge is 2.20. The van der Waals surface area contributed by atoms with E-state index in [-0.39, 0.29) is 23.1 Å². The highest BCUT2D eigenvalue weighted by Crippen LogP contribution is 2.24. The Morgan fingerprint density at radius 2 is 1.77 bits per heavy atom. The normalized spacial score (nSPS) is 11.2. The van der Waals surface area contributed by atoms with Crippen LogP contribution in [0.4, 0.5) is 4.39 Å². The van der Waals surface area contributed by atoms with Crippen molar-refractivity contribution in [1.29, 1.82) is 0 Å². The zero-order valence-electron chi connectivity index (χ0n) is 14.5. The fourth-order valence-electron chi connectivity index (χ4n) is 2.24. The summed E-state index contributed by atoms with van der Waals surface area (Å²) >= 11 is 0. The van der Waals surface area contributed by atoms with Crippen molar-refractivity contribution in [2.45, 2.75) is 18.4 Å². The molecule has 0 aliphatic carbocycles. The van der Waals surface area contributed by atoms with Gasteiger partial charge in [0.05, 0.1) is 6.61 Å². The predicted octanol–water partition coefficient (Wildman–Crippen LogP) is 2.59. The average Bonchev–Trinajstić information content (AvgIpc) is 2.59. The predicted molar refractivity (Wildman–Crippen MR) is 93.6 cm³/mol. The third-order valence-electron chi connectivity index (χ3n) is 3.65. The maximum absolute atomic E-state index is 13.0. The Labute approximate surface area is 152 Å². The molecular formula is C18H20FNO5S. The van der Waals surface area contributed by atoms with Crippen molar-refractivity contribution in [3.05, 3.63) is 59.9 Å². The van der Waals surface area contributed by atoms with Crippen LogP contribution >= 0.6 is 0 Å². The molecule has 0 saturated carbocycles. The number of hydrogen-bond acceptors (Lipinski definition) is 5. The van der Waals surface area contributed by atoms with Crippen LogP contribution in [0.5, 0.6) is 5.75 Å². The molecule has 0 radical (unpaired) electrons. The Bertz CT molecular complexity index is 852. The van der Waals surface area contributed by atoms with Crippen molar-refractivity contribution in [3.63, 3.8) is 0 Å². The highest BCUT2D eigenvalue weighted by molar-refractivity contribution is 7.87. The van der Waals surface area contributed by atoms with E-state index < -0.39 is 15.9 Å². The van der Waals surface area contributed by atoms with Gasteiger partial charge < -0.3 is 13.8 Å². The Morgan fingerprint density at radius 1 is 1.12 bits per heavy atom. The molecular weight excluding hydrogens is 361 g/mol. The van der Waals surface area contributed by atoms with Gasteiger partial charge in [-0.15, -0.1) is 0 Å². The number of methoxy groups -OCH3 is 1. The number of benzene rings is 2. The largest absolute Gasteiger partial charge is 0.383 e. The topological polar surface area (TPSA) is 72.9 Å². The standard InChI is InChI=1S/C18H20FNO5S/c1-14(21)20(11-12-24-2)13-15-5-3-4-6-18(15)25-26(22,23)17-9-7-16(19)8-10-17/h3-10H,11-13H2,1-2H3. The average molecular weight is 381 g/mol. The summed E-state index contributed by atoms with van der Waals surface area (Å²) in [7, 11) is -2.59. The molecule has 26 heavy (non-hydrogen) atoms. The molecule has 0 aromatic heterocycles. The van der Waals surface area contributed by atoms with Gasteiger partial charge in [0, 0.05) is 32.7 Å². The van der Waals surface area contributed by atoms with Crippen molar-refractivity contribution < 1.29 is 26.5 Å². The van der Waals surface area contributed by atoms with Crippen LogP contribution in [0.25, 0.3) is 0 Å². The molecule has 0 heterocycles. The molecule has 2 aromatic carbocycles. The lowest BCUT2D eigenvalue weighted by molar-refractivity contribution is -0.130. The minimum atomic E-state index is -4.12. The third kappa shape index (κ3) is 5.27. The number of hydrogen-bond donors (Lipinski definition) is 0. The number of carbonyl (C=O) groups excluding carboxylic acids is 1. The van der Waals surface area contributed by atoms with Crippen LogP contribution in [-0.4, -0.2) is 39.5 Å². The number of ether oxygens (including phenoxy) is 1. The Morgan fingerprint density at radius 3 is 2.38 bits per heavy atom. The van der Waals surface area contributed by atoms with Crippen LogP contribution in [0, 0.1) is 5.82 Å². The summed E-state index contributed by atoms with van der Waals surface area (Å²) in [6.45, 7) is 2.32. The number of carbonyl (C=O) groups is 1. The summed E-state index contributed by atoms with van der Waals surface area (Å²) in [5.41, 5.74) is 0.532. The summed E-state index contributed by atoms with van der Waals surface area (Å²) in [5, 5.41) is 0. The molecule has 0 fully saturated rings. The first-order valence-corrected chi connectivity index (χ1v) is 9.26. The van der Waals surface area contributed by atoms with E-state index in [1.165, 1.54) is 25.0 Å². The number of nitrogens with zero attached hydrogens (tertiary/aromatic N) is 1. The molecule has 0 saturated heterocycles. The maximum Gasteiger partial charge on any atom is 0.339 e. The van der Waals surface area contributed by atoms with Crippen LogP contribution in [0.3, 0.4) is 0 Å². The van der Waals surface area contributed by atoms with E-state index in [0.29, 0.717) is 18.7 Å². The molecule has 2 rings (SSSR count). The van der Waals surface area contributed by atoms with E-state index in [1.54, 1.807) is 18.2 Å². The van der Waals surface area contributed by atoms with E-state index >= 15 is 0 Å². The smallest absolute Gasteiger partial charge is 0.339 e. The van der Waals surface area contributed by atoms with E-state index in [0.717, 1.165) is 24.3 Å². The van der Waals surface area contributed by atoms with Gasteiger partial charge >= 0.3 is 10.1 Å². The van der Waals surface area contributed by atoms with Crippen LogP contribution in [0.15, 0.2) is 53.4 Å². The summed E-state index contributed by atoms with van der Waals surface area (Å²) in [6, 6.07) is 10.9. The molecule has 6 nitrogen and oxygen atoms in total. The molecule has 140 valence electrons. The van der Waals surface area contributed by atoms with Crippen molar-refractivity contribution in [2.24, 2.45) is 0 Å². The van der Waals surface area contributed by atoms with Crippen molar-refractivity contribution in [2.75, 3.05) is 20.3 Å². The summed E-state index contributed by atoms with van der Waals surface area (Å²) in [4.78, 5) is 13.1. The lowest BCUT2D eigenvalue weighted by Crippen LogP contribution is -2.31. The summed E-state index contributed by atoms with van der Waals surface area (Å²) in [6.07, 6.45) is 0. The van der Waals surface area contributed by atoms with Gasteiger partial charge in [-0.25, -0.2) is 4.39 Å². The molecule has 8 heteroatoms. The van der Waals surface area contributed by atoms with Crippen LogP contribution in [0.1, 0.15) is 12.5 Å². The molecule has 0 atom stereocenters. The summed E-state index contributed by atoms with van der Waals surface area (Å²) < 4.78 is 48.0. The fourth-order valence-corrected chi connectivity index (χ4v) is 3.20. The first-order chi connectivity index (χ1) is 12.3. The molecule has 0 bridgehead atoms. The zero-order chi connectivity index (χ0) is 19.2. The maximum atomic E-state index is 13.0. The third-order valence-corrected chi connectivity index (χ3v) is 4.89. The molecule has 1 amide bonds. The lowest BCUT2D eigenvalue weighted by Gasteiger charge is -2.22. The molecule has 0 N–H and O–H groups in total. The first-order valence-electron chi connectivity index (χ1n) is 7.86. The van der Waals surface area contributed by atoms with Gasteiger partial charge in [0.25, 0.3) is 0 Å². The molecule has 2 aromatic rings. The van der Waals surface area contributed by atoms with E-state index in [2.05, 4.69) is 0 Å². The first kappa shape index (κ1) is 19.9. The molecule has 0 aliphatic rings. The number of rotatable bonds is 8. The Kier molecular flexibility index (Phi) is 6.70. The van der Waals surface area contributed by atoms with Gasteiger partial charge in [-0.05, 0) is 30.3 Å². The van der Waals surface area contributed by atoms with Gasteiger partial charge in [0.2, 0.25) is 5.91 Å². The number of amides is 1. The van der Waals surface area contributed by atoms with Crippen molar-refractivity contribution in [3.8, 4) is 5.75 Å². The second-order valence-corrected chi connectivity index (χ2v) is 7.08. The van der Waals surface area contributed by atoms with Gasteiger partial charge in [-0.3, -0.25) is 4.79 Å². The van der Waals surface area contributed by atoms with E-state index in [9.17, 15) is 17.6 Å². The Hall–Kier alpha value is -2.45. The quantitative estimate of drug-likeness (QED) is 0.657. The van der Waals surface area contributed by atoms with Crippen LogP contribution in [0.2, 0.25) is 0 Å². The second kappa shape index (κ2) is 8.77. The van der Waals surface area contributed by atoms with Crippen LogP contribution in [-0.2, 0) is 26.2 Å². The molecule has 0 unspecified atom stereocenters. The monoisotopic (exact) mass is 381 g/mol. The molecule has 0 aliphatic heterocycles. The van der Waals surface area contributed by atoms with Crippen molar-refractivity contribution in [1.82, 2.24) is 4.90 Å². The van der Waals surface area contributed by atoms with Gasteiger partial charge in [-0.2, -0.15) is 8.42 Å². The minimum Gasteiger partial charge on any atom is -0.383 e. The highest BCUT2D eigenvalue weighted by atomic mass is 32.2. The summed E-state index contributed by atoms with van der Waals surface area (Å²) in [5.74, 6) is -0.599. The SMILES string of the molecule is COCCN(Cc1ccccc1OS(=O)(=O)c1ccc(F)cc1)C(C)=O. The van der Waals surface area contributed by atoms with Gasteiger partial charge in [0.15, 0.2) is 0 Å². The minimum absolute atomic E-state index is 0.112.